The van der Waals surface area contributed by atoms with Crippen LogP contribution in [0.5, 0.6) is 11.6 Å². The van der Waals surface area contributed by atoms with E-state index in [4.69, 9.17) is 10.5 Å². The summed E-state index contributed by atoms with van der Waals surface area (Å²) in [4.78, 5) is 22.9. The molecule has 4 rings (SSSR count). The normalized spacial score (nSPS) is 11.2. The van der Waals surface area contributed by atoms with Crippen molar-refractivity contribution in [3.8, 4) is 22.8 Å². The van der Waals surface area contributed by atoms with Crippen LogP contribution in [0.4, 0.5) is 24.8 Å². The van der Waals surface area contributed by atoms with Gasteiger partial charge in [-0.3, -0.25) is 4.79 Å². The Morgan fingerprint density at radius 1 is 0.971 bits per heavy atom. The van der Waals surface area contributed by atoms with Gasteiger partial charge >= 0.3 is 6.18 Å². The fourth-order valence-corrected chi connectivity index (χ4v) is 3.15. The molecule has 2 aromatic carbocycles. The molecule has 4 aromatic rings. The monoisotopic (exact) mass is 465 g/mol. The lowest BCUT2D eigenvalue weighted by atomic mass is 10.0. The van der Waals surface area contributed by atoms with Gasteiger partial charge < -0.3 is 15.8 Å². The third kappa shape index (κ3) is 5.47. The van der Waals surface area contributed by atoms with E-state index in [9.17, 15) is 18.0 Å². The molecule has 34 heavy (non-hydrogen) atoms. The van der Waals surface area contributed by atoms with Gasteiger partial charge in [0, 0.05) is 35.3 Å². The molecular formula is C24H18F3N5O2. The molecule has 2 heterocycles. The number of pyridine rings is 1. The van der Waals surface area contributed by atoms with Gasteiger partial charge in [0.2, 0.25) is 17.7 Å². The van der Waals surface area contributed by atoms with Gasteiger partial charge in [0.25, 0.3) is 0 Å². The molecule has 0 fully saturated rings. The number of carbonyl (C=O) groups excluding carboxylic acids is 1. The van der Waals surface area contributed by atoms with Crippen LogP contribution in [0.3, 0.4) is 0 Å². The highest BCUT2D eigenvalue weighted by Gasteiger charge is 2.32. The van der Waals surface area contributed by atoms with Gasteiger partial charge in [0.15, 0.2) is 0 Å². The number of ether oxygens (including phenoxy) is 1. The molecule has 1 amide bonds. The van der Waals surface area contributed by atoms with Crippen LogP contribution in [-0.4, -0.2) is 20.9 Å². The maximum atomic E-state index is 12.9. The summed E-state index contributed by atoms with van der Waals surface area (Å²) in [5.41, 5.74) is 7.54. The zero-order valence-corrected chi connectivity index (χ0v) is 17.8. The number of carbonyl (C=O) groups is 1. The predicted octanol–water partition coefficient (Wildman–Crippen LogP) is 5.50. The smallest absolute Gasteiger partial charge is 0.433 e. The first kappa shape index (κ1) is 22.7. The number of benzene rings is 2. The molecule has 0 bridgehead atoms. The molecule has 0 atom stereocenters. The number of alkyl halides is 3. The van der Waals surface area contributed by atoms with Crippen molar-refractivity contribution in [1.29, 1.82) is 0 Å². The van der Waals surface area contributed by atoms with Gasteiger partial charge in [-0.1, -0.05) is 6.07 Å². The molecule has 7 nitrogen and oxygen atoms in total. The first-order chi connectivity index (χ1) is 16.2. The third-order valence-electron chi connectivity index (χ3n) is 4.71. The third-order valence-corrected chi connectivity index (χ3v) is 4.71. The molecule has 0 spiro atoms. The number of nitrogens with zero attached hydrogens (tertiary/aromatic N) is 3. The minimum atomic E-state index is -4.56. The van der Waals surface area contributed by atoms with E-state index in [-0.39, 0.29) is 5.95 Å². The molecule has 172 valence electrons. The van der Waals surface area contributed by atoms with Crippen molar-refractivity contribution in [2.45, 2.75) is 13.1 Å². The number of aromatic nitrogens is 3. The molecule has 0 aliphatic heterocycles. The molecule has 2 aromatic heterocycles. The summed E-state index contributed by atoms with van der Waals surface area (Å²) in [6.45, 7) is 1.86. The zero-order valence-electron chi connectivity index (χ0n) is 17.8. The average molecular weight is 465 g/mol. The Morgan fingerprint density at radius 3 is 2.38 bits per heavy atom. The Labute approximate surface area is 192 Å². The minimum Gasteiger partial charge on any atom is -0.439 e. The topological polar surface area (TPSA) is 103 Å². The lowest BCUT2D eigenvalue weighted by molar-refractivity contribution is -0.141. The second-order valence-electron chi connectivity index (χ2n) is 7.35. The molecular weight excluding hydrogens is 447 g/mol. The van der Waals surface area contributed by atoms with E-state index in [1.165, 1.54) is 0 Å². The largest absolute Gasteiger partial charge is 0.439 e. The Balaban J connectivity index is 1.52. The van der Waals surface area contributed by atoms with Crippen LogP contribution >= 0.6 is 0 Å². The number of rotatable bonds is 6. The van der Waals surface area contributed by atoms with Crippen molar-refractivity contribution in [1.82, 2.24) is 15.0 Å². The molecule has 3 N–H and O–H groups in total. The minimum absolute atomic E-state index is 0.157. The van der Waals surface area contributed by atoms with E-state index in [1.54, 1.807) is 54.7 Å². The number of halogens is 3. The lowest BCUT2D eigenvalue weighted by Gasteiger charge is -2.11. The Bertz CT molecular complexity index is 1320. The van der Waals surface area contributed by atoms with E-state index in [2.05, 4.69) is 20.3 Å². The van der Waals surface area contributed by atoms with Crippen LogP contribution in [-0.2, 0) is 6.18 Å². The van der Waals surface area contributed by atoms with E-state index < -0.39 is 17.8 Å². The van der Waals surface area contributed by atoms with E-state index in [0.717, 1.165) is 29.0 Å². The van der Waals surface area contributed by atoms with Gasteiger partial charge in [0.05, 0.1) is 0 Å². The number of anilines is 2. The van der Waals surface area contributed by atoms with Gasteiger partial charge in [-0.25, -0.2) is 15.0 Å². The molecule has 0 saturated carbocycles. The number of amides is 1. The summed E-state index contributed by atoms with van der Waals surface area (Å²) < 4.78 is 44.5. The van der Waals surface area contributed by atoms with Gasteiger partial charge in [-0.05, 0) is 66.6 Å². The Hall–Kier alpha value is -4.47. The highest BCUT2D eigenvalue weighted by atomic mass is 19.4. The van der Waals surface area contributed by atoms with Crippen LogP contribution in [0.2, 0.25) is 0 Å². The van der Waals surface area contributed by atoms with Gasteiger partial charge in [-0.15, -0.1) is 0 Å². The number of nitrogens with two attached hydrogens (primary N) is 1. The number of nitrogens with one attached hydrogen (secondary N) is 1. The number of hydrogen-bond acceptors (Lipinski definition) is 6. The second-order valence-corrected chi connectivity index (χ2v) is 7.35. The van der Waals surface area contributed by atoms with Crippen molar-refractivity contribution in [3.63, 3.8) is 0 Å². The van der Waals surface area contributed by atoms with Gasteiger partial charge in [-0.2, -0.15) is 13.2 Å². The number of primary amides is 1. The Kier molecular flexibility index (Phi) is 6.13. The Morgan fingerprint density at radius 2 is 1.74 bits per heavy atom. The summed E-state index contributed by atoms with van der Waals surface area (Å²) in [6, 6.07) is 16.1. The van der Waals surface area contributed by atoms with E-state index >= 15 is 0 Å². The van der Waals surface area contributed by atoms with Crippen LogP contribution < -0.4 is 15.8 Å². The quantitative estimate of drug-likeness (QED) is 0.390. The van der Waals surface area contributed by atoms with E-state index in [0.29, 0.717) is 22.9 Å². The number of hydrogen-bond donors (Lipinski definition) is 2. The van der Waals surface area contributed by atoms with E-state index in [1.807, 2.05) is 13.0 Å². The molecule has 0 unspecified atom stereocenters. The molecule has 0 radical (unpaired) electrons. The van der Waals surface area contributed by atoms with Gasteiger partial charge in [0.1, 0.15) is 11.4 Å². The van der Waals surface area contributed by atoms with Crippen LogP contribution in [0.25, 0.3) is 11.1 Å². The predicted molar refractivity (Wildman–Crippen MR) is 120 cm³/mol. The lowest BCUT2D eigenvalue weighted by Crippen LogP contribution is -2.10. The van der Waals surface area contributed by atoms with Crippen LogP contribution in [0, 0.1) is 6.92 Å². The molecule has 10 heteroatoms. The standard InChI is InChI=1S/C24H18F3N5O2/c1-14-10-17(12-18(11-14)31-23-29-9-8-20(32-23)24(25,26)27)16-4-7-21(30-13-16)34-19-5-2-15(3-6-19)22(28)33/h2-13H,1H3,(H2,28,33)(H,29,31,32). The van der Waals surface area contributed by atoms with Crippen molar-refractivity contribution < 1.29 is 22.7 Å². The van der Waals surface area contributed by atoms with Crippen molar-refractivity contribution >= 4 is 17.5 Å². The van der Waals surface area contributed by atoms with Crippen molar-refractivity contribution in [2.24, 2.45) is 5.73 Å². The van der Waals surface area contributed by atoms with Crippen molar-refractivity contribution in [3.05, 3.63) is 89.9 Å². The van der Waals surface area contributed by atoms with Crippen LogP contribution in [0.15, 0.2) is 73.1 Å². The first-order valence-corrected chi connectivity index (χ1v) is 10.0. The fourth-order valence-electron chi connectivity index (χ4n) is 3.15. The summed E-state index contributed by atoms with van der Waals surface area (Å²) >= 11 is 0. The summed E-state index contributed by atoms with van der Waals surface area (Å²) in [6.07, 6.45) is -1.89. The summed E-state index contributed by atoms with van der Waals surface area (Å²) in [5.74, 6) is 0.156. The molecule has 0 aliphatic carbocycles. The fraction of sp³-hybridized carbons (Fsp3) is 0.0833. The highest BCUT2D eigenvalue weighted by molar-refractivity contribution is 5.92. The first-order valence-electron chi connectivity index (χ1n) is 10.0. The summed E-state index contributed by atoms with van der Waals surface area (Å²) in [5, 5.41) is 2.82. The maximum absolute atomic E-state index is 12.9. The number of aryl methyl sites for hydroxylation is 1. The highest BCUT2D eigenvalue weighted by Crippen LogP contribution is 2.30. The molecule has 0 aliphatic rings. The average Bonchev–Trinajstić information content (AvgIpc) is 2.79. The SMILES string of the molecule is Cc1cc(Nc2nccc(C(F)(F)F)n2)cc(-c2ccc(Oc3ccc(C(N)=O)cc3)nc2)c1. The molecule has 0 saturated heterocycles. The summed E-state index contributed by atoms with van der Waals surface area (Å²) in [7, 11) is 0. The zero-order chi connectivity index (χ0) is 24.3. The maximum Gasteiger partial charge on any atom is 0.433 e. The second kappa shape index (κ2) is 9.18. The van der Waals surface area contributed by atoms with Crippen molar-refractivity contribution in [2.75, 3.05) is 5.32 Å². The van der Waals surface area contributed by atoms with Crippen LogP contribution in [0.1, 0.15) is 21.6 Å².